The molecule has 1 unspecified atom stereocenters. The van der Waals surface area contributed by atoms with Crippen LogP contribution in [0.2, 0.25) is 0 Å². The van der Waals surface area contributed by atoms with Gasteiger partial charge in [0, 0.05) is 49.6 Å². The van der Waals surface area contributed by atoms with E-state index in [1.165, 1.54) is 12.8 Å². The molecule has 2 amide bonds. The summed E-state index contributed by atoms with van der Waals surface area (Å²) < 4.78 is 5.15. The molecule has 0 bridgehead atoms. The van der Waals surface area contributed by atoms with Crippen LogP contribution in [0.5, 0.6) is 0 Å². The molecule has 2 N–H and O–H groups in total. The molecule has 3 rings (SSSR count). The molecule has 6 nitrogen and oxygen atoms in total. The molecule has 1 saturated heterocycles. The van der Waals surface area contributed by atoms with Crippen LogP contribution in [0.1, 0.15) is 42.1 Å². The van der Waals surface area contributed by atoms with Crippen LogP contribution in [0.25, 0.3) is 0 Å². The molecule has 0 spiro atoms. The summed E-state index contributed by atoms with van der Waals surface area (Å²) in [5.41, 5.74) is 3.31. The Bertz CT molecular complexity index is 847. The number of methoxy groups -OCH3 is 1. The molecular weight excluding hydrogens is 366 g/mol. The number of anilines is 2. The fraction of sp³-hybridized carbons (Fsp3) is 0.391. The Hall–Kier alpha value is -2.86. The normalized spacial score (nSPS) is 14.5. The van der Waals surface area contributed by atoms with E-state index in [0.717, 1.165) is 30.0 Å². The van der Waals surface area contributed by atoms with Crippen molar-refractivity contribution in [1.29, 1.82) is 0 Å². The maximum absolute atomic E-state index is 12.6. The van der Waals surface area contributed by atoms with Gasteiger partial charge >= 0.3 is 0 Å². The van der Waals surface area contributed by atoms with Crippen LogP contribution in [0.3, 0.4) is 0 Å². The standard InChI is InChI=1S/C23H29N3O3/c1-17(24-23(28)21-11-4-3-8-18(21)16-29-2)14-22(27)25-19-9-7-10-20(15-19)26-12-5-6-13-26/h3-4,7-11,15,17H,5-6,12-14,16H2,1-2H3,(H,24,28)(H,25,27). The average Bonchev–Trinajstić information content (AvgIpc) is 3.23. The van der Waals surface area contributed by atoms with Crippen molar-refractivity contribution in [3.63, 3.8) is 0 Å². The van der Waals surface area contributed by atoms with E-state index in [-0.39, 0.29) is 24.3 Å². The third-order valence-electron chi connectivity index (χ3n) is 5.03. The number of carbonyl (C=O) groups is 2. The molecule has 6 heteroatoms. The quantitative estimate of drug-likeness (QED) is 0.717. The monoisotopic (exact) mass is 395 g/mol. The highest BCUT2D eigenvalue weighted by Gasteiger charge is 2.17. The molecule has 0 radical (unpaired) electrons. The van der Waals surface area contributed by atoms with Gasteiger partial charge in [-0.2, -0.15) is 0 Å². The topological polar surface area (TPSA) is 70.7 Å². The predicted molar refractivity (Wildman–Crippen MR) is 115 cm³/mol. The van der Waals surface area contributed by atoms with E-state index in [2.05, 4.69) is 21.6 Å². The number of nitrogens with zero attached hydrogens (tertiary/aromatic N) is 1. The van der Waals surface area contributed by atoms with Crippen molar-refractivity contribution in [3.05, 3.63) is 59.7 Å². The molecule has 0 aromatic heterocycles. The van der Waals surface area contributed by atoms with E-state index in [0.29, 0.717) is 12.2 Å². The summed E-state index contributed by atoms with van der Waals surface area (Å²) in [5.74, 6) is -0.324. The van der Waals surface area contributed by atoms with Gasteiger partial charge in [0.05, 0.1) is 6.61 Å². The number of nitrogens with one attached hydrogen (secondary N) is 2. The SMILES string of the molecule is COCc1ccccc1C(=O)NC(C)CC(=O)Nc1cccc(N2CCCC2)c1. The number of benzene rings is 2. The van der Waals surface area contributed by atoms with Gasteiger partial charge in [0.15, 0.2) is 0 Å². The molecule has 1 fully saturated rings. The lowest BCUT2D eigenvalue weighted by Gasteiger charge is -2.19. The summed E-state index contributed by atoms with van der Waals surface area (Å²) in [7, 11) is 1.60. The highest BCUT2D eigenvalue weighted by atomic mass is 16.5. The first-order valence-electron chi connectivity index (χ1n) is 10.1. The Balaban J connectivity index is 1.54. The second kappa shape index (κ2) is 10.1. The first kappa shape index (κ1) is 20.9. The van der Waals surface area contributed by atoms with Crippen LogP contribution in [0.15, 0.2) is 48.5 Å². The van der Waals surface area contributed by atoms with Crippen LogP contribution in [-0.2, 0) is 16.1 Å². The molecular formula is C23H29N3O3. The smallest absolute Gasteiger partial charge is 0.251 e. The fourth-order valence-electron chi connectivity index (χ4n) is 3.62. The second-order valence-corrected chi connectivity index (χ2v) is 7.46. The molecule has 1 heterocycles. The summed E-state index contributed by atoms with van der Waals surface area (Å²) in [5, 5.41) is 5.85. The van der Waals surface area contributed by atoms with Gasteiger partial charge in [-0.25, -0.2) is 0 Å². The molecule has 1 aliphatic rings. The van der Waals surface area contributed by atoms with Crippen molar-refractivity contribution in [3.8, 4) is 0 Å². The summed E-state index contributed by atoms with van der Waals surface area (Å²) >= 11 is 0. The minimum Gasteiger partial charge on any atom is -0.380 e. The largest absolute Gasteiger partial charge is 0.380 e. The van der Waals surface area contributed by atoms with Crippen molar-refractivity contribution >= 4 is 23.2 Å². The van der Waals surface area contributed by atoms with Crippen LogP contribution in [0.4, 0.5) is 11.4 Å². The van der Waals surface area contributed by atoms with E-state index in [1.54, 1.807) is 13.2 Å². The van der Waals surface area contributed by atoms with Gasteiger partial charge in [0.1, 0.15) is 0 Å². The van der Waals surface area contributed by atoms with E-state index in [1.807, 2.05) is 43.3 Å². The van der Waals surface area contributed by atoms with E-state index >= 15 is 0 Å². The molecule has 0 aliphatic carbocycles. The average molecular weight is 396 g/mol. The van der Waals surface area contributed by atoms with Crippen molar-refractivity contribution in [2.75, 3.05) is 30.4 Å². The van der Waals surface area contributed by atoms with E-state index in [9.17, 15) is 9.59 Å². The van der Waals surface area contributed by atoms with Gasteiger partial charge in [-0.15, -0.1) is 0 Å². The molecule has 0 saturated carbocycles. The lowest BCUT2D eigenvalue weighted by molar-refractivity contribution is -0.116. The molecule has 2 aromatic carbocycles. The first-order chi connectivity index (χ1) is 14.1. The van der Waals surface area contributed by atoms with Crippen molar-refractivity contribution in [2.45, 2.75) is 38.8 Å². The van der Waals surface area contributed by atoms with Gasteiger partial charge in [0.2, 0.25) is 5.91 Å². The zero-order chi connectivity index (χ0) is 20.6. The highest BCUT2D eigenvalue weighted by molar-refractivity contribution is 5.97. The maximum atomic E-state index is 12.6. The zero-order valence-corrected chi connectivity index (χ0v) is 17.1. The van der Waals surface area contributed by atoms with Gasteiger partial charge < -0.3 is 20.3 Å². The number of ether oxygens (including phenoxy) is 1. The minimum atomic E-state index is -0.292. The lowest BCUT2D eigenvalue weighted by atomic mass is 10.1. The Morgan fingerprint density at radius 3 is 2.62 bits per heavy atom. The van der Waals surface area contributed by atoms with Crippen LogP contribution < -0.4 is 15.5 Å². The Labute approximate surface area is 172 Å². The van der Waals surface area contributed by atoms with Crippen LogP contribution >= 0.6 is 0 Å². The number of hydrogen-bond donors (Lipinski definition) is 2. The van der Waals surface area contributed by atoms with Crippen molar-refractivity contribution in [1.82, 2.24) is 5.32 Å². The van der Waals surface area contributed by atoms with E-state index < -0.39 is 0 Å². The molecule has 1 aliphatic heterocycles. The molecule has 1 atom stereocenters. The predicted octanol–water partition coefficient (Wildman–Crippen LogP) is 3.58. The van der Waals surface area contributed by atoms with Crippen molar-refractivity contribution < 1.29 is 14.3 Å². The highest BCUT2D eigenvalue weighted by Crippen LogP contribution is 2.23. The van der Waals surface area contributed by atoms with Crippen LogP contribution in [0, 0.1) is 0 Å². The number of hydrogen-bond acceptors (Lipinski definition) is 4. The maximum Gasteiger partial charge on any atom is 0.251 e. The van der Waals surface area contributed by atoms with Crippen molar-refractivity contribution in [2.24, 2.45) is 0 Å². The number of rotatable bonds is 8. The summed E-state index contributed by atoms with van der Waals surface area (Å²) in [6.07, 6.45) is 2.62. The third kappa shape index (κ3) is 5.81. The van der Waals surface area contributed by atoms with Gasteiger partial charge in [0.25, 0.3) is 5.91 Å². The lowest BCUT2D eigenvalue weighted by Crippen LogP contribution is -2.36. The zero-order valence-electron chi connectivity index (χ0n) is 17.1. The minimum absolute atomic E-state index is 0.124. The van der Waals surface area contributed by atoms with E-state index in [4.69, 9.17) is 4.74 Å². The fourth-order valence-corrected chi connectivity index (χ4v) is 3.62. The summed E-state index contributed by atoms with van der Waals surface area (Å²) in [6.45, 7) is 4.32. The number of amides is 2. The van der Waals surface area contributed by atoms with Gasteiger partial charge in [-0.3, -0.25) is 9.59 Å². The Kier molecular flexibility index (Phi) is 7.25. The number of carbonyl (C=O) groups excluding carboxylic acids is 2. The molecule has 29 heavy (non-hydrogen) atoms. The summed E-state index contributed by atoms with van der Waals surface area (Å²) in [4.78, 5) is 27.4. The van der Waals surface area contributed by atoms with Gasteiger partial charge in [-0.1, -0.05) is 24.3 Å². The summed E-state index contributed by atoms with van der Waals surface area (Å²) in [6, 6.07) is 15.0. The second-order valence-electron chi connectivity index (χ2n) is 7.46. The Morgan fingerprint density at radius 2 is 1.86 bits per heavy atom. The Morgan fingerprint density at radius 1 is 1.10 bits per heavy atom. The van der Waals surface area contributed by atoms with Crippen LogP contribution in [-0.4, -0.2) is 38.1 Å². The molecule has 2 aromatic rings. The first-order valence-corrected chi connectivity index (χ1v) is 10.1. The van der Waals surface area contributed by atoms with Gasteiger partial charge in [-0.05, 0) is 49.6 Å². The third-order valence-corrected chi connectivity index (χ3v) is 5.03. The molecule has 154 valence electrons.